The van der Waals surface area contributed by atoms with E-state index < -0.39 is 24.3 Å². The molecule has 8 heteroatoms. The number of carboxylic acid groups (broad SMARTS) is 1. The van der Waals surface area contributed by atoms with Gasteiger partial charge in [-0.15, -0.1) is 23.1 Å². The molecule has 1 aromatic heterocycles. The van der Waals surface area contributed by atoms with Gasteiger partial charge in [0.2, 0.25) is 0 Å². The van der Waals surface area contributed by atoms with Crippen LogP contribution in [-0.2, 0) is 11.0 Å². The van der Waals surface area contributed by atoms with Crippen molar-refractivity contribution in [3.63, 3.8) is 0 Å². The number of alkyl halides is 3. The maximum Gasteiger partial charge on any atom is 0.416 e. The number of thiophene rings is 1. The lowest BCUT2D eigenvalue weighted by Crippen LogP contribution is -2.09. The number of carboxylic acids is 1. The fraction of sp³-hybridized carbons (Fsp3) is 0.208. The fourth-order valence-electron chi connectivity index (χ4n) is 3.01. The second-order valence-corrected chi connectivity index (χ2v) is 9.41. The monoisotopic (exact) mass is 478 g/mol. The lowest BCUT2D eigenvalue weighted by Gasteiger charge is -2.11. The molecule has 32 heavy (non-hydrogen) atoms. The Kier molecular flexibility index (Phi) is 7.69. The summed E-state index contributed by atoms with van der Waals surface area (Å²) in [6, 6.07) is 14.7. The molecule has 3 rings (SSSR count). The summed E-state index contributed by atoms with van der Waals surface area (Å²) < 4.78 is 44.0. The average molecular weight is 479 g/mol. The summed E-state index contributed by atoms with van der Waals surface area (Å²) in [5.41, 5.74) is 1.78. The number of thioether (sulfide) groups is 1. The lowest BCUT2D eigenvalue weighted by molar-refractivity contribution is -0.139. The highest BCUT2D eigenvalue weighted by molar-refractivity contribution is 7.99. The van der Waals surface area contributed by atoms with Crippen LogP contribution in [0.25, 0.3) is 5.57 Å². The van der Waals surface area contributed by atoms with Crippen molar-refractivity contribution < 1.29 is 27.8 Å². The van der Waals surface area contributed by atoms with E-state index in [2.05, 4.69) is 0 Å². The molecule has 3 nitrogen and oxygen atoms in total. The molecule has 0 atom stereocenters. The zero-order chi connectivity index (χ0) is 23.3. The van der Waals surface area contributed by atoms with Crippen molar-refractivity contribution in [2.24, 2.45) is 0 Å². The van der Waals surface area contributed by atoms with Gasteiger partial charge in [0.05, 0.1) is 5.56 Å². The van der Waals surface area contributed by atoms with Crippen LogP contribution in [0.2, 0.25) is 0 Å². The molecule has 2 aromatic carbocycles. The molecule has 3 aromatic rings. The van der Waals surface area contributed by atoms with Gasteiger partial charge in [-0.2, -0.15) is 13.2 Å². The predicted octanol–water partition coefficient (Wildman–Crippen LogP) is 7.07. The van der Waals surface area contributed by atoms with Crippen molar-refractivity contribution >= 4 is 34.6 Å². The third-order valence-corrected chi connectivity index (χ3v) is 6.52. The van der Waals surface area contributed by atoms with Crippen LogP contribution in [-0.4, -0.2) is 23.4 Å². The van der Waals surface area contributed by atoms with Crippen molar-refractivity contribution in [3.8, 4) is 5.75 Å². The molecule has 1 heterocycles. The van der Waals surface area contributed by atoms with Gasteiger partial charge in [0.25, 0.3) is 0 Å². The van der Waals surface area contributed by atoms with Crippen molar-refractivity contribution in [3.05, 3.63) is 87.1 Å². The number of aryl methyl sites for hydroxylation is 2. The van der Waals surface area contributed by atoms with Gasteiger partial charge in [-0.05, 0) is 73.0 Å². The minimum absolute atomic E-state index is 0.396. The minimum atomic E-state index is -4.37. The second-order valence-electron chi connectivity index (χ2n) is 7.02. The van der Waals surface area contributed by atoms with Crippen molar-refractivity contribution in [1.82, 2.24) is 0 Å². The zero-order valence-corrected chi connectivity index (χ0v) is 19.0. The van der Waals surface area contributed by atoms with Crippen LogP contribution < -0.4 is 4.74 Å². The first-order valence-electron chi connectivity index (χ1n) is 9.66. The summed E-state index contributed by atoms with van der Waals surface area (Å²) in [7, 11) is 0. The van der Waals surface area contributed by atoms with E-state index in [0.717, 1.165) is 43.5 Å². The Morgan fingerprint density at radius 1 is 1.09 bits per heavy atom. The Morgan fingerprint density at radius 2 is 1.81 bits per heavy atom. The van der Waals surface area contributed by atoms with Gasteiger partial charge in [0, 0.05) is 20.4 Å². The topological polar surface area (TPSA) is 46.5 Å². The molecule has 0 saturated heterocycles. The van der Waals surface area contributed by atoms with Crippen LogP contribution >= 0.6 is 23.1 Å². The van der Waals surface area contributed by atoms with Crippen LogP contribution in [0.15, 0.2) is 65.6 Å². The Morgan fingerprint density at radius 3 is 2.38 bits per heavy atom. The summed E-state index contributed by atoms with van der Waals surface area (Å²) in [5, 5.41) is 8.74. The minimum Gasteiger partial charge on any atom is -0.482 e. The van der Waals surface area contributed by atoms with E-state index in [1.54, 1.807) is 29.2 Å². The Balaban J connectivity index is 1.78. The van der Waals surface area contributed by atoms with Gasteiger partial charge >= 0.3 is 12.1 Å². The number of rotatable bonds is 8. The predicted molar refractivity (Wildman–Crippen MR) is 123 cm³/mol. The van der Waals surface area contributed by atoms with Crippen LogP contribution in [0.1, 0.15) is 26.4 Å². The third kappa shape index (κ3) is 6.40. The Hall–Kier alpha value is -2.71. The second kappa shape index (κ2) is 10.3. The molecule has 168 valence electrons. The molecule has 0 aliphatic heterocycles. The highest BCUT2D eigenvalue weighted by Gasteiger charge is 2.30. The van der Waals surface area contributed by atoms with Gasteiger partial charge in [-0.3, -0.25) is 0 Å². The van der Waals surface area contributed by atoms with Crippen molar-refractivity contribution in [2.45, 2.75) is 24.9 Å². The molecule has 0 saturated carbocycles. The highest BCUT2D eigenvalue weighted by atomic mass is 32.2. The number of halogens is 3. The summed E-state index contributed by atoms with van der Waals surface area (Å²) in [6.07, 6.45) is -2.35. The Bertz CT molecular complexity index is 1120. The highest BCUT2D eigenvalue weighted by Crippen LogP contribution is 2.34. The molecule has 0 aliphatic carbocycles. The molecule has 0 aliphatic rings. The quantitative estimate of drug-likeness (QED) is 0.352. The van der Waals surface area contributed by atoms with Gasteiger partial charge in [-0.25, -0.2) is 4.79 Å². The molecule has 0 unspecified atom stereocenters. The van der Waals surface area contributed by atoms with Gasteiger partial charge in [0.15, 0.2) is 6.61 Å². The van der Waals surface area contributed by atoms with E-state index in [9.17, 15) is 18.0 Å². The van der Waals surface area contributed by atoms with Gasteiger partial charge in [-0.1, -0.05) is 18.2 Å². The summed E-state index contributed by atoms with van der Waals surface area (Å²) in [6.45, 7) is 3.44. The maximum atomic E-state index is 12.9. The first kappa shape index (κ1) is 23.9. The lowest BCUT2D eigenvalue weighted by atomic mass is 10.0. The Labute approximate surface area is 192 Å². The van der Waals surface area contributed by atoms with Crippen LogP contribution in [0.5, 0.6) is 5.75 Å². The van der Waals surface area contributed by atoms with Crippen molar-refractivity contribution in [1.29, 1.82) is 0 Å². The molecule has 0 bridgehead atoms. The largest absolute Gasteiger partial charge is 0.482 e. The molecular weight excluding hydrogens is 457 g/mol. The van der Waals surface area contributed by atoms with Gasteiger partial charge in [0.1, 0.15) is 5.75 Å². The van der Waals surface area contributed by atoms with Gasteiger partial charge < -0.3 is 9.84 Å². The average Bonchev–Trinajstić information content (AvgIpc) is 3.16. The molecule has 1 N–H and O–H groups in total. The normalized spacial score (nSPS) is 12.1. The fourth-order valence-corrected chi connectivity index (χ4v) is 4.81. The van der Waals surface area contributed by atoms with Crippen LogP contribution in [0, 0.1) is 13.8 Å². The van der Waals surface area contributed by atoms with E-state index in [-0.39, 0.29) is 0 Å². The number of hydrogen-bond acceptors (Lipinski definition) is 4. The van der Waals surface area contributed by atoms with Crippen molar-refractivity contribution in [2.75, 3.05) is 12.4 Å². The summed E-state index contributed by atoms with van der Waals surface area (Å²) in [5.74, 6) is 0.0987. The van der Waals surface area contributed by atoms with E-state index >= 15 is 0 Å². The molecule has 0 spiro atoms. The molecular formula is C24H21F3O3S2. The standard InChI is InChI=1S/C24H21F3O3S2/c1-15-13-19(8-9-21(15)30-14-23(28)29)31-12-11-20(22-10-3-16(2)32-22)17-4-6-18(7-5-17)24(25,26)27/h3-11,13H,12,14H2,1-2H3,(H,28,29). The number of ether oxygens (including phenoxy) is 1. The van der Waals surface area contributed by atoms with E-state index in [0.29, 0.717) is 11.5 Å². The zero-order valence-electron chi connectivity index (χ0n) is 17.4. The maximum absolute atomic E-state index is 12.9. The van der Waals surface area contributed by atoms with Crippen LogP contribution in [0.3, 0.4) is 0 Å². The van der Waals surface area contributed by atoms with E-state index in [1.165, 1.54) is 12.1 Å². The number of benzene rings is 2. The first-order valence-corrected chi connectivity index (χ1v) is 11.5. The van der Waals surface area contributed by atoms with Crippen LogP contribution in [0.4, 0.5) is 13.2 Å². The first-order chi connectivity index (χ1) is 15.1. The SMILES string of the molecule is Cc1ccc(C(=CCSc2ccc(OCC(=O)O)c(C)c2)c2ccc(C(F)(F)F)cc2)s1. The van der Waals surface area contributed by atoms with E-state index in [1.807, 2.05) is 44.2 Å². The molecule has 0 amide bonds. The van der Waals surface area contributed by atoms with E-state index in [4.69, 9.17) is 9.84 Å². The summed E-state index contributed by atoms with van der Waals surface area (Å²) in [4.78, 5) is 13.8. The molecule has 0 fully saturated rings. The number of aliphatic carboxylic acids is 1. The summed E-state index contributed by atoms with van der Waals surface area (Å²) >= 11 is 3.17. The number of carbonyl (C=O) groups is 1. The smallest absolute Gasteiger partial charge is 0.416 e. The number of hydrogen-bond donors (Lipinski definition) is 1. The third-order valence-electron chi connectivity index (χ3n) is 4.56. The molecule has 0 radical (unpaired) electrons.